The molecule has 2 rings (SSSR count). The molecule has 0 aliphatic heterocycles. The van der Waals surface area contributed by atoms with Gasteiger partial charge in [-0.15, -0.1) is 0 Å². The van der Waals surface area contributed by atoms with Crippen LogP contribution in [0, 0.1) is 20.2 Å². The lowest BCUT2D eigenvalue weighted by atomic mass is 10.2. The van der Waals surface area contributed by atoms with Crippen molar-refractivity contribution in [1.29, 1.82) is 0 Å². The average molecular weight is 451 g/mol. The first-order valence-corrected chi connectivity index (χ1v) is 12.7. The van der Waals surface area contributed by atoms with Crippen LogP contribution in [0.3, 0.4) is 0 Å². The Morgan fingerprint density at radius 1 is 0.903 bits per heavy atom. The number of aromatic hydroxyl groups is 1. The summed E-state index contributed by atoms with van der Waals surface area (Å²) in [6, 6.07) is 12.0. The van der Waals surface area contributed by atoms with E-state index in [9.17, 15) is 20.2 Å². The molecule has 0 aliphatic carbocycles. The van der Waals surface area contributed by atoms with Crippen LogP contribution in [0.2, 0.25) is 18.1 Å². The van der Waals surface area contributed by atoms with Crippen LogP contribution in [0.25, 0.3) is 0 Å². The second-order valence-corrected chi connectivity index (χ2v) is 13.1. The molecule has 0 bridgehead atoms. The van der Waals surface area contributed by atoms with Gasteiger partial charge in [0.1, 0.15) is 0 Å². The standard InChI is InChI=1S/C15H25NO4Si.C6H5NO3/c1-15(2,3)21(4,5)20-12-8-11-19-14-10-7-6-9-13(14)16(17)18;8-6-4-2-1-3-5(6)7(9)10/h6-7,9-10H,8,11-12H2,1-5H3;1-4,8H. The van der Waals surface area contributed by atoms with Crippen LogP contribution >= 0.6 is 0 Å². The van der Waals surface area contributed by atoms with Gasteiger partial charge in [0.25, 0.3) is 0 Å². The van der Waals surface area contributed by atoms with Crippen LogP contribution in [0.4, 0.5) is 11.4 Å². The Balaban J connectivity index is 0.000000399. The lowest BCUT2D eigenvalue weighted by Crippen LogP contribution is -2.41. The third kappa shape index (κ3) is 8.34. The van der Waals surface area contributed by atoms with Crippen molar-refractivity contribution in [3.63, 3.8) is 0 Å². The van der Waals surface area contributed by atoms with Crippen molar-refractivity contribution >= 4 is 19.7 Å². The predicted molar refractivity (Wildman–Crippen MR) is 121 cm³/mol. The Morgan fingerprint density at radius 2 is 1.42 bits per heavy atom. The summed E-state index contributed by atoms with van der Waals surface area (Å²) in [5, 5.41) is 30.0. The van der Waals surface area contributed by atoms with Gasteiger partial charge in [0.15, 0.2) is 19.8 Å². The van der Waals surface area contributed by atoms with Crippen LogP contribution < -0.4 is 4.74 Å². The molecular weight excluding hydrogens is 420 g/mol. The molecule has 0 saturated heterocycles. The average Bonchev–Trinajstić information content (AvgIpc) is 2.67. The van der Waals surface area contributed by atoms with Crippen molar-refractivity contribution in [3.8, 4) is 11.5 Å². The second kappa shape index (κ2) is 11.4. The number of nitrogens with zero attached hydrogens (tertiary/aromatic N) is 2. The fourth-order valence-electron chi connectivity index (χ4n) is 2.13. The fourth-order valence-corrected chi connectivity index (χ4v) is 3.22. The van der Waals surface area contributed by atoms with Gasteiger partial charge in [-0.05, 0) is 30.3 Å². The minimum absolute atomic E-state index is 0.00261. The van der Waals surface area contributed by atoms with Crippen LogP contribution in [-0.2, 0) is 4.43 Å². The number of benzene rings is 2. The lowest BCUT2D eigenvalue weighted by molar-refractivity contribution is -0.386. The molecule has 9 nitrogen and oxygen atoms in total. The van der Waals surface area contributed by atoms with Crippen LogP contribution in [0.15, 0.2) is 48.5 Å². The molecule has 0 aromatic heterocycles. The van der Waals surface area contributed by atoms with E-state index in [2.05, 4.69) is 33.9 Å². The second-order valence-electron chi connectivity index (χ2n) is 8.28. The SMILES string of the molecule is CC(C)(C)[Si](C)(C)OCCCOc1ccccc1[N+](=O)[O-].O=[N+]([O-])c1ccccc1O. The first-order chi connectivity index (χ1) is 14.4. The van der Waals surface area contributed by atoms with Crippen LogP contribution in [0.5, 0.6) is 11.5 Å². The zero-order valence-electron chi connectivity index (χ0n) is 18.5. The molecule has 0 aliphatic rings. The number of phenols is 1. The van der Waals surface area contributed by atoms with Crippen molar-refractivity contribution in [2.24, 2.45) is 0 Å². The number of nitro groups is 2. The maximum Gasteiger partial charge on any atom is 0.310 e. The molecule has 2 aromatic carbocycles. The Kier molecular flexibility index (Phi) is 9.60. The van der Waals surface area contributed by atoms with Gasteiger partial charge >= 0.3 is 11.4 Å². The van der Waals surface area contributed by atoms with E-state index in [0.29, 0.717) is 19.0 Å². The highest BCUT2D eigenvalue weighted by Crippen LogP contribution is 2.36. The largest absolute Gasteiger partial charge is 0.502 e. The first kappa shape index (κ1) is 26.1. The number of phenolic OH excluding ortho intramolecular Hbond substituents is 1. The molecule has 170 valence electrons. The number of ether oxygens (including phenoxy) is 1. The zero-order chi connectivity index (χ0) is 23.7. The highest BCUT2D eigenvalue weighted by molar-refractivity contribution is 6.74. The lowest BCUT2D eigenvalue weighted by Gasteiger charge is -2.36. The van der Waals surface area contributed by atoms with Gasteiger partial charge in [-0.1, -0.05) is 45.0 Å². The van der Waals surface area contributed by atoms with E-state index in [1.807, 2.05) is 0 Å². The number of nitro benzene ring substituents is 2. The molecule has 0 amide bonds. The molecule has 31 heavy (non-hydrogen) atoms. The summed E-state index contributed by atoms with van der Waals surface area (Å²) in [5.41, 5.74) is -0.259. The summed E-state index contributed by atoms with van der Waals surface area (Å²) in [7, 11) is -1.73. The van der Waals surface area contributed by atoms with Crippen LogP contribution in [0.1, 0.15) is 27.2 Å². The van der Waals surface area contributed by atoms with Gasteiger partial charge in [0.2, 0.25) is 0 Å². The predicted octanol–water partition coefficient (Wildman–Crippen LogP) is 5.69. The maximum atomic E-state index is 10.9. The van der Waals surface area contributed by atoms with Crippen molar-refractivity contribution in [2.45, 2.75) is 45.3 Å². The molecule has 0 unspecified atom stereocenters. The molecule has 1 N–H and O–H groups in total. The number of rotatable bonds is 8. The number of hydrogen-bond acceptors (Lipinski definition) is 7. The molecule has 0 spiro atoms. The van der Waals surface area contributed by atoms with E-state index in [0.717, 1.165) is 6.42 Å². The summed E-state index contributed by atoms with van der Waals surface area (Å²) in [5.74, 6) is 0.0160. The third-order valence-corrected chi connectivity index (χ3v) is 9.49. The minimum atomic E-state index is -1.73. The van der Waals surface area contributed by atoms with E-state index >= 15 is 0 Å². The van der Waals surface area contributed by atoms with Gasteiger partial charge in [0, 0.05) is 25.2 Å². The van der Waals surface area contributed by atoms with Crippen LogP contribution in [-0.4, -0.2) is 36.5 Å². The van der Waals surface area contributed by atoms with E-state index in [1.165, 1.54) is 30.3 Å². The highest BCUT2D eigenvalue weighted by Gasteiger charge is 2.36. The molecular formula is C21H30N2O7Si. The van der Waals surface area contributed by atoms with Gasteiger partial charge in [0.05, 0.1) is 16.5 Å². The molecule has 2 aromatic rings. The smallest absolute Gasteiger partial charge is 0.310 e. The van der Waals surface area contributed by atoms with E-state index in [-0.39, 0.29) is 22.2 Å². The van der Waals surface area contributed by atoms with E-state index < -0.39 is 18.2 Å². The number of para-hydroxylation sites is 4. The van der Waals surface area contributed by atoms with Gasteiger partial charge in [-0.25, -0.2) is 0 Å². The molecule has 10 heteroatoms. The Hall–Kier alpha value is -2.98. The molecule has 0 saturated carbocycles. The van der Waals surface area contributed by atoms with Gasteiger partial charge < -0.3 is 14.3 Å². The van der Waals surface area contributed by atoms with Crippen molar-refractivity contribution in [2.75, 3.05) is 13.2 Å². The van der Waals surface area contributed by atoms with E-state index in [1.54, 1.807) is 18.2 Å². The Labute approximate surface area is 183 Å². The number of hydrogen-bond donors (Lipinski definition) is 1. The van der Waals surface area contributed by atoms with Crippen molar-refractivity contribution < 1.29 is 24.1 Å². The summed E-state index contributed by atoms with van der Waals surface area (Å²) in [6.45, 7) is 12.0. The summed E-state index contributed by atoms with van der Waals surface area (Å²) >= 11 is 0. The van der Waals surface area contributed by atoms with Gasteiger partial charge in [-0.2, -0.15) is 0 Å². The molecule has 0 radical (unpaired) electrons. The van der Waals surface area contributed by atoms with Gasteiger partial charge in [-0.3, -0.25) is 20.2 Å². The first-order valence-electron chi connectivity index (χ1n) is 9.79. The summed E-state index contributed by atoms with van der Waals surface area (Å²) in [6.07, 6.45) is 0.721. The summed E-state index contributed by atoms with van der Waals surface area (Å²) in [4.78, 5) is 19.9. The molecule has 0 atom stereocenters. The third-order valence-electron chi connectivity index (χ3n) is 4.96. The van der Waals surface area contributed by atoms with Crippen molar-refractivity contribution in [3.05, 3.63) is 68.8 Å². The maximum absolute atomic E-state index is 10.9. The fraction of sp³-hybridized carbons (Fsp3) is 0.429. The Morgan fingerprint density at radius 3 is 1.90 bits per heavy atom. The van der Waals surface area contributed by atoms with Crippen molar-refractivity contribution in [1.82, 2.24) is 0 Å². The quantitative estimate of drug-likeness (QED) is 0.237. The molecule has 0 heterocycles. The zero-order valence-corrected chi connectivity index (χ0v) is 19.5. The monoisotopic (exact) mass is 450 g/mol. The Bertz CT molecular complexity index is 882. The summed E-state index contributed by atoms with van der Waals surface area (Å²) < 4.78 is 11.5. The highest BCUT2D eigenvalue weighted by atomic mass is 28.4. The molecule has 0 fully saturated rings. The normalized spacial score (nSPS) is 11.3. The van der Waals surface area contributed by atoms with E-state index in [4.69, 9.17) is 14.3 Å². The minimum Gasteiger partial charge on any atom is -0.502 e. The topological polar surface area (TPSA) is 125 Å².